The number of hydrogen-bond donors (Lipinski definition) is 3. The molecule has 2 nitrogen and oxygen atoms in total. The van der Waals surface area contributed by atoms with Crippen LogP contribution < -0.4 is 5.73 Å². The largest absolute Gasteiger partial charge is 0.379 e. The predicted octanol–water partition coefficient (Wildman–Crippen LogP) is -0.523. The van der Waals surface area contributed by atoms with Crippen LogP contribution in [0.1, 0.15) is 0 Å². The van der Waals surface area contributed by atoms with E-state index in [0.717, 1.165) is 0 Å². The zero-order chi connectivity index (χ0) is 5.58. The highest BCUT2D eigenvalue weighted by atomic mass is 32.1. The standard InChI is InChI=1S/CH5B.CH4N2S/c1-2;2-1(3)4/h2H2,1H3;(H4,2,3,4). The van der Waals surface area contributed by atoms with E-state index in [4.69, 9.17) is 5.41 Å². The summed E-state index contributed by atoms with van der Waals surface area (Å²) in [4.78, 5) is 0. The minimum absolute atomic E-state index is 0.139. The van der Waals surface area contributed by atoms with Gasteiger partial charge in [0.1, 0.15) is 5.17 Å². The van der Waals surface area contributed by atoms with Gasteiger partial charge in [-0.3, -0.25) is 5.41 Å². The van der Waals surface area contributed by atoms with Gasteiger partial charge in [0.25, 0.3) is 0 Å². The van der Waals surface area contributed by atoms with E-state index in [2.05, 4.69) is 18.4 Å². The average molecular weight is 104 g/mol. The first kappa shape index (κ1) is 9.30. The van der Waals surface area contributed by atoms with E-state index in [9.17, 15) is 0 Å². The molecule has 0 aliphatic carbocycles. The summed E-state index contributed by atoms with van der Waals surface area (Å²) < 4.78 is 0. The quantitative estimate of drug-likeness (QED) is 0.164. The lowest BCUT2D eigenvalue weighted by atomic mass is 10.2. The smallest absolute Gasteiger partial charge is 0.147 e. The van der Waals surface area contributed by atoms with Gasteiger partial charge < -0.3 is 5.73 Å². The molecule has 0 atom stereocenters. The number of amidine groups is 1. The van der Waals surface area contributed by atoms with Crippen molar-refractivity contribution >= 4 is 25.6 Å². The molecular formula is C2H9BN2S. The second kappa shape index (κ2) is 8.86. The predicted molar refractivity (Wildman–Crippen MR) is 35.3 cm³/mol. The highest BCUT2D eigenvalue weighted by Crippen LogP contribution is 1.56. The summed E-state index contributed by atoms with van der Waals surface area (Å²) in [5.74, 6) is 0. The summed E-state index contributed by atoms with van der Waals surface area (Å²) in [7, 11) is 2.00. The summed E-state index contributed by atoms with van der Waals surface area (Å²) >= 11 is 3.33. The molecule has 0 rings (SSSR count). The second-order valence-electron chi connectivity index (χ2n) is 0.385. The fourth-order valence-corrected chi connectivity index (χ4v) is 0. The lowest BCUT2D eigenvalue weighted by molar-refractivity contribution is 1.51. The summed E-state index contributed by atoms with van der Waals surface area (Å²) in [6, 6.07) is 0. The molecule has 0 amide bonds. The summed E-state index contributed by atoms with van der Waals surface area (Å²) in [5, 5.41) is 6.00. The molecular weight excluding hydrogens is 94.9 g/mol. The topological polar surface area (TPSA) is 49.9 Å². The molecule has 0 aromatic rings. The van der Waals surface area contributed by atoms with Crippen molar-refractivity contribution in [2.24, 2.45) is 5.73 Å². The van der Waals surface area contributed by atoms with Crippen LogP contribution in [0.15, 0.2) is 0 Å². The summed E-state index contributed by atoms with van der Waals surface area (Å²) in [5.41, 5.74) is 4.56. The van der Waals surface area contributed by atoms with Crippen LogP contribution in [-0.2, 0) is 0 Å². The zero-order valence-electron chi connectivity index (χ0n) is 4.02. The van der Waals surface area contributed by atoms with Crippen molar-refractivity contribution in [3.63, 3.8) is 0 Å². The summed E-state index contributed by atoms with van der Waals surface area (Å²) in [6.07, 6.45) is 0. The molecule has 0 aliphatic heterocycles. The van der Waals surface area contributed by atoms with Crippen LogP contribution in [0, 0.1) is 5.41 Å². The van der Waals surface area contributed by atoms with Gasteiger partial charge in [0, 0.05) is 0 Å². The molecule has 0 bridgehead atoms. The fourth-order valence-electron chi connectivity index (χ4n) is 0. The minimum atomic E-state index is -0.139. The van der Waals surface area contributed by atoms with Gasteiger partial charge in [-0.25, -0.2) is 0 Å². The molecule has 6 heavy (non-hydrogen) atoms. The molecule has 0 radical (unpaired) electrons. The van der Waals surface area contributed by atoms with Crippen LogP contribution >= 0.6 is 12.6 Å². The third-order valence-corrected chi connectivity index (χ3v) is 0. The molecule has 0 aliphatic rings. The Kier molecular flexibility index (Phi) is 13.7. The van der Waals surface area contributed by atoms with Gasteiger partial charge in [-0.2, -0.15) is 0 Å². The first-order chi connectivity index (χ1) is 2.73. The van der Waals surface area contributed by atoms with E-state index >= 15 is 0 Å². The lowest BCUT2D eigenvalue weighted by Gasteiger charge is -1.65. The van der Waals surface area contributed by atoms with Crippen molar-refractivity contribution < 1.29 is 0 Å². The maximum absolute atomic E-state index is 6.14. The van der Waals surface area contributed by atoms with Crippen molar-refractivity contribution in [3.05, 3.63) is 0 Å². The van der Waals surface area contributed by atoms with Crippen LogP contribution in [0.2, 0.25) is 6.82 Å². The molecule has 0 saturated carbocycles. The highest BCUT2D eigenvalue weighted by Gasteiger charge is 1.55. The maximum Gasteiger partial charge on any atom is 0.147 e. The van der Waals surface area contributed by atoms with Gasteiger partial charge in [0.2, 0.25) is 0 Å². The summed E-state index contributed by atoms with van der Waals surface area (Å²) in [6.45, 7) is 2.00. The van der Waals surface area contributed by atoms with E-state index in [0.29, 0.717) is 0 Å². The number of thiol groups is 1. The van der Waals surface area contributed by atoms with Crippen molar-refractivity contribution in [3.8, 4) is 0 Å². The van der Waals surface area contributed by atoms with Gasteiger partial charge in [-0.1, -0.05) is 6.82 Å². The van der Waals surface area contributed by atoms with Gasteiger partial charge in [-0.15, -0.1) is 12.6 Å². The van der Waals surface area contributed by atoms with Crippen molar-refractivity contribution in [1.29, 1.82) is 5.41 Å². The molecule has 36 valence electrons. The van der Waals surface area contributed by atoms with Crippen molar-refractivity contribution in [1.82, 2.24) is 0 Å². The molecule has 0 spiro atoms. The monoisotopic (exact) mass is 104 g/mol. The first-order valence-electron chi connectivity index (χ1n) is 1.76. The van der Waals surface area contributed by atoms with Gasteiger partial charge >= 0.3 is 0 Å². The molecule has 3 N–H and O–H groups in total. The Labute approximate surface area is 44.4 Å². The van der Waals surface area contributed by atoms with E-state index in [1.807, 2.05) is 14.7 Å². The Balaban J connectivity index is 0. The molecule has 0 saturated heterocycles. The Morgan fingerprint density at radius 1 is 1.83 bits per heavy atom. The molecule has 4 heteroatoms. The number of nitrogens with two attached hydrogens (primary N) is 1. The number of rotatable bonds is 0. The van der Waals surface area contributed by atoms with Gasteiger partial charge in [0.05, 0.1) is 7.85 Å². The van der Waals surface area contributed by atoms with Crippen molar-refractivity contribution in [2.75, 3.05) is 0 Å². The van der Waals surface area contributed by atoms with Crippen LogP contribution in [-0.4, -0.2) is 13.0 Å². The molecule has 0 aromatic carbocycles. The fraction of sp³-hybridized carbons (Fsp3) is 0.500. The SMILES string of the molecule is BC.N=C(N)S. The van der Waals surface area contributed by atoms with E-state index in [-0.39, 0.29) is 5.17 Å². The third kappa shape index (κ3) is 2440. The van der Waals surface area contributed by atoms with Crippen LogP contribution in [0.5, 0.6) is 0 Å². The Hall–Kier alpha value is -0.115. The highest BCUT2D eigenvalue weighted by molar-refractivity contribution is 7.96. The van der Waals surface area contributed by atoms with Crippen LogP contribution in [0.25, 0.3) is 0 Å². The molecule has 0 fully saturated rings. The maximum atomic E-state index is 6.14. The third-order valence-electron chi connectivity index (χ3n) is 0. The Bertz CT molecular complexity index is 34.5. The Morgan fingerprint density at radius 2 is 1.83 bits per heavy atom. The van der Waals surface area contributed by atoms with E-state index < -0.39 is 0 Å². The number of nitrogens with one attached hydrogen (secondary N) is 1. The molecule has 0 unspecified atom stereocenters. The first-order valence-corrected chi connectivity index (χ1v) is 2.21. The van der Waals surface area contributed by atoms with E-state index in [1.165, 1.54) is 0 Å². The lowest BCUT2D eigenvalue weighted by Crippen LogP contribution is -1.96. The molecule has 0 heterocycles. The van der Waals surface area contributed by atoms with Crippen LogP contribution in [0.3, 0.4) is 0 Å². The Morgan fingerprint density at radius 3 is 1.83 bits per heavy atom. The molecule has 0 aromatic heterocycles. The second-order valence-corrected chi connectivity index (χ2v) is 0.867. The normalized spacial score (nSPS) is 5.00. The van der Waals surface area contributed by atoms with E-state index in [1.54, 1.807) is 0 Å². The number of hydrogen-bond acceptors (Lipinski definition) is 1. The van der Waals surface area contributed by atoms with Gasteiger partial charge in [0.15, 0.2) is 0 Å². The average Bonchev–Trinajstić information content (AvgIpc) is 1.41. The van der Waals surface area contributed by atoms with Crippen molar-refractivity contribution in [2.45, 2.75) is 6.82 Å². The zero-order valence-corrected chi connectivity index (χ0v) is 4.92. The van der Waals surface area contributed by atoms with Crippen LogP contribution in [0.4, 0.5) is 0 Å². The minimum Gasteiger partial charge on any atom is -0.379 e. The van der Waals surface area contributed by atoms with Gasteiger partial charge in [-0.05, 0) is 0 Å².